The van der Waals surface area contributed by atoms with Gasteiger partial charge in [-0.1, -0.05) is 5.16 Å². The fourth-order valence-corrected chi connectivity index (χ4v) is 5.80. The van der Waals surface area contributed by atoms with Crippen molar-refractivity contribution in [3.05, 3.63) is 35.6 Å². The summed E-state index contributed by atoms with van der Waals surface area (Å²) in [7, 11) is -3.84. The van der Waals surface area contributed by atoms with E-state index in [1.54, 1.807) is 31.2 Å². The van der Waals surface area contributed by atoms with Gasteiger partial charge in [-0.15, -0.1) is 0 Å². The number of hydrogen-bond donors (Lipinski definition) is 0. The summed E-state index contributed by atoms with van der Waals surface area (Å²) in [5, 5.41) is 3.86. The lowest BCUT2D eigenvalue weighted by atomic mass is 9.98. The van der Waals surface area contributed by atoms with Crippen molar-refractivity contribution >= 4 is 28.1 Å². The van der Waals surface area contributed by atoms with E-state index >= 15 is 0 Å². The van der Waals surface area contributed by atoms with E-state index < -0.39 is 10.0 Å². The van der Waals surface area contributed by atoms with Gasteiger partial charge in [0.25, 0.3) is 0 Å². The second-order valence-electron chi connectivity index (χ2n) is 7.54. The second-order valence-corrected chi connectivity index (χ2v) is 9.42. The second kappa shape index (κ2) is 8.16. The molecule has 9 heteroatoms. The average Bonchev–Trinajstić information content (AvgIpc) is 3.48. The normalized spacial score (nSPS) is 21.3. The van der Waals surface area contributed by atoms with Crippen molar-refractivity contribution in [3.8, 4) is 0 Å². The Morgan fingerprint density at radius 3 is 2.72 bits per heavy atom. The molecule has 1 amide bonds. The van der Waals surface area contributed by atoms with Crippen LogP contribution >= 0.6 is 0 Å². The molecule has 2 aliphatic rings. The molecule has 0 N–H and O–H groups in total. The van der Waals surface area contributed by atoms with Crippen molar-refractivity contribution in [1.29, 1.82) is 0 Å². The zero-order chi connectivity index (χ0) is 20.4. The maximum atomic E-state index is 13.4. The quantitative estimate of drug-likeness (QED) is 0.739. The summed E-state index contributed by atoms with van der Waals surface area (Å²) in [4.78, 5) is 14.7. The van der Waals surface area contributed by atoms with E-state index in [9.17, 15) is 13.2 Å². The summed E-state index contributed by atoms with van der Waals surface area (Å²) in [5.41, 5.74) is 0.303. The molecule has 2 fully saturated rings. The van der Waals surface area contributed by atoms with Crippen LogP contribution in [0.15, 0.2) is 32.2 Å². The smallest absolute Gasteiger partial charge is 0.248 e. The number of piperidine rings is 1. The van der Waals surface area contributed by atoms with Crippen LogP contribution in [0.25, 0.3) is 12.2 Å². The summed E-state index contributed by atoms with van der Waals surface area (Å²) in [6, 6.07) is 3.50. The molecule has 2 aromatic heterocycles. The molecule has 1 atom stereocenters. The highest BCUT2D eigenvalue weighted by Crippen LogP contribution is 2.30. The van der Waals surface area contributed by atoms with E-state index in [1.165, 1.54) is 10.6 Å². The highest BCUT2D eigenvalue weighted by atomic mass is 32.2. The van der Waals surface area contributed by atoms with Crippen molar-refractivity contribution in [1.82, 2.24) is 14.4 Å². The Hall–Kier alpha value is -2.39. The van der Waals surface area contributed by atoms with Crippen molar-refractivity contribution in [2.45, 2.75) is 37.5 Å². The lowest BCUT2D eigenvalue weighted by Crippen LogP contribution is -2.46. The highest BCUT2D eigenvalue weighted by molar-refractivity contribution is 7.89. The van der Waals surface area contributed by atoms with Gasteiger partial charge >= 0.3 is 0 Å². The standard InChI is InChI=1S/C20H25N3O5S/c1-15-19(18(28-21-15)9-8-17-7-5-13-27-17)29(25,26)23-12-4-6-16(14-23)20(24)22-10-2-3-11-22/h5,7-9,13,16H,2-4,6,10-12,14H2,1H3/b9-8+/t16-/m1/s1. The molecule has 156 valence electrons. The SMILES string of the molecule is Cc1noc(/C=C/c2ccco2)c1S(=O)(=O)N1CCC[C@@H](C(=O)N2CCCC2)C1. The van der Waals surface area contributed by atoms with Gasteiger partial charge in [0.1, 0.15) is 11.5 Å². The molecule has 0 unspecified atom stereocenters. The molecule has 0 aromatic carbocycles. The third-order valence-corrected chi connectivity index (χ3v) is 7.55. The largest absolute Gasteiger partial charge is 0.465 e. The molecule has 0 aliphatic carbocycles. The minimum absolute atomic E-state index is 0.0505. The van der Waals surface area contributed by atoms with Gasteiger partial charge < -0.3 is 13.8 Å². The monoisotopic (exact) mass is 419 g/mol. The lowest BCUT2D eigenvalue weighted by molar-refractivity contribution is -0.135. The molecule has 2 saturated heterocycles. The van der Waals surface area contributed by atoms with Crippen molar-refractivity contribution in [3.63, 3.8) is 0 Å². The predicted molar refractivity (Wildman–Crippen MR) is 106 cm³/mol. The molecule has 0 radical (unpaired) electrons. The Morgan fingerprint density at radius 1 is 1.21 bits per heavy atom. The van der Waals surface area contributed by atoms with Gasteiger partial charge in [0.2, 0.25) is 15.9 Å². The van der Waals surface area contributed by atoms with Crippen LogP contribution in [-0.2, 0) is 14.8 Å². The van der Waals surface area contributed by atoms with E-state index in [4.69, 9.17) is 8.94 Å². The Kier molecular flexibility index (Phi) is 5.60. The van der Waals surface area contributed by atoms with Crippen molar-refractivity contribution in [2.24, 2.45) is 5.92 Å². The van der Waals surface area contributed by atoms with Gasteiger partial charge in [-0.25, -0.2) is 8.42 Å². The van der Waals surface area contributed by atoms with Gasteiger partial charge in [0, 0.05) is 26.2 Å². The number of carbonyl (C=O) groups excluding carboxylic acids is 1. The molecule has 29 heavy (non-hydrogen) atoms. The van der Waals surface area contributed by atoms with Crippen LogP contribution in [0.3, 0.4) is 0 Å². The summed E-state index contributed by atoms with van der Waals surface area (Å²) < 4.78 is 38.7. The van der Waals surface area contributed by atoms with Crippen LogP contribution in [0, 0.1) is 12.8 Å². The first-order valence-electron chi connectivity index (χ1n) is 9.93. The molecule has 0 bridgehead atoms. The first-order valence-corrected chi connectivity index (χ1v) is 11.4. The van der Waals surface area contributed by atoms with Gasteiger partial charge in [-0.3, -0.25) is 4.79 Å². The van der Waals surface area contributed by atoms with Gasteiger partial charge in [0.05, 0.1) is 12.2 Å². The summed E-state index contributed by atoms with van der Waals surface area (Å²) in [6.45, 7) is 3.74. The third kappa shape index (κ3) is 4.02. The molecule has 4 rings (SSSR count). The van der Waals surface area contributed by atoms with Gasteiger partial charge in [0.15, 0.2) is 10.7 Å². The molecule has 0 saturated carbocycles. The van der Waals surface area contributed by atoms with Crippen LogP contribution in [0.5, 0.6) is 0 Å². The van der Waals surface area contributed by atoms with E-state index in [-0.39, 0.29) is 29.0 Å². The number of sulfonamides is 1. The van der Waals surface area contributed by atoms with E-state index in [0.29, 0.717) is 24.4 Å². The molecule has 0 spiro atoms. The number of amides is 1. The number of carbonyl (C=O) groups is 1. The molecular weight excluding hydrogens is 394 g/mol. The summed E-state index contributed by atoms with van der Waals surface area (Å²) >= 11 is 0. The number of hydrogen-bond acceptors (Lipinski definition) is 6. The molecular formula is C20H25N3O5S. The first kappa shape index (κ1) is 19.9. The fourth-order valence-electron chi connectivity index (χ4n) is 4.03. The van der Waals surface area contributed by atoms with Crippen LogP contribution in [0.2, 0.25) is 0 Å². The van der Waals surface area contributed by atoms with Crippen LogP contribution in [-0.4, -0.2) is 54.9 Å². The Labute approximate surface area is 170 Å². The number of likely N-dealkylation sites (tertiary alicyclic amines) is 1. The van der Waals surface area contributed by atoms with E-state index in [2.05, 4.69) is 5.16 Å². The zero-order valence-electron chi connectivity index (χ0n) is 16.4. The molecule has 4 heterocycles. The third-order valence-electron chi connectivity index (χ3n) is 5.52. The Bertz CT molecular complexity index is 987. The molecule has 2 aromatic rings. The lowest BCUT2D eigenvalue weighted by Gasteiger charge is -2.33. The molecule has 8 nitrogen and oxygen atoms in total. The van der Waals surface area contributed by atoms with E-state index in [0.717, 1.165) is 32.4 Å². The van der Waals surface area contributed by atoms with Crippen molar-refractivity contribution < 1.29 is 22.2 Å². The number of furan rings is 1. The first-order chi connectivity index (χ1) is 14.0. The molecule has 2 aliphatic heterocycles. The van der Waals surface area contributed by atoms with Gasteiger partial charge in [-0.2, -0.15) is 4.31 Å². The van der Waals surface area contributed by atoms with Crippen molar-refractivity contribution in [2.75, 3.05) is 26.2 Å². The Morgan fingerprint density at radius 2 is 2.00 bits per heavy atom. The fraction of sp³-hybridized carbons (Fsp3) is 0.500. The minimum Gasteiger partial charge on any atom is -0.465 e. The van der Waals surface area contributed by atoms with Crippen LogP contribution < -0.4 is 0 Å². The number of aryl methyl sites for hydroxylation is 1. The topological polar surface area (TPSA) is 96.9 Å². The predicted octanol–water partition coefficient (Wildman–Crippen LogP) is 2.77. The van der Waals surface area contributed by atoms with Crippen LogP contribution in [0.4, 0.5) is 0 Å². The van der Waals surface area contributed by atoms with Gasteiger partial charge in [-0.05, 0) is 56.9 Å². The van der Waals surface area contributed by atoms with E-state index in [1.807, 2.05) is 4.90 Å². The Balaban J connectivity index is 1.56. The number of aromatic nitrogens is 1. The highest BCUT2D eigenvalue weighted by Gasteiger charge is 2.38. The number of rotatable bonds is 5. The van der Waals surface area contributed by atoms with Crippen LogP contribution in [0.1, 0.15) is 42.9 Å². The summed E-state index contributed by atoms with van der Waals surface area (Å²) in [5.74, 6) is 0.518. The minimum atomic E-state index is -3.84. The maximum Gasteiger partial charge on any atom is 0.248 e. The number of nitrogens with zero attached hydrogens (tertiary/aromatic N) is 3. The maximum absolute atomic E-state index is 13.4. The average molecular weight is 420 g/mol. The zero-order valence-corrected chi connectivity index (χ0v) is 17.2. The summed E-state index contributed by atoms with van der Waals surface area (Å²) in [6.07, 6.45) is 8.13.